The van der Waals surface area contributed by atoms with Gasteiger partial charge >= 0.3 is 0 Å². The molecule has 1 aromatic heterocycles. The zero-order valence-electron chi connectivity index (χ0n) is 13.0. The monoisotopic (exact) mass is 352 g/mol. The highest BCUT2D eigenvalue weighted by Crippen LogP contribution is 2.19. The number of aromatic amines is 1. The molecule has 124 valence electrons. The van der Waals surface area contributed by atoms with Gasteiger partial charge in [0.25, 0.3) is 0 Å². The number of nitrogens with zero attached hydrogens (tertiary/aromatic N) is 3. The molecule has 0 aliphatic carbocycles. The Morgan fingerprint density at radius 3 is 2.74 bits per heavy atom. The molecule has 6 nitrogen and oxygen atoms in total. The van der Waals surface area contributed by atoms with E-state index in [1.165, 1.54) is 0 Å². The van der Waals surface area contributed by atoms with Crippen LogP contribution in [0.5, 0.6) is 0 Å². The number of hydrogen-bond acceptors (Lipinski definition) is 5. The molecule has 1 saturated heterocycles. The number of benzene rings is 1. The highest BCUT2D eigenvalue weighted by atomic mass is 32.2. The zero-order chi connectivity index (χ0) is 16.4. The third kappa shape index (κ3) is 3.70. The molecule has 0 amide bonds. The average molecular weight is 352 g/mol. The molecule has 3 rings (SSSR count). The summed E-state index contributed by atoms with van der Waals surface area (Å²) in [4.78, 5) is 6.53. The Kier molecular flexibility index (Phi) is 4.65. The summed E-state index contributed by atoms with van der Waals surface area (Å²) in [6.07, 6.45) is 0.684. The molecule has 1 N–H and O–H groups in total. The zero-order valence-corrected chi connectivity index (χ0v) is 14.6. The Hall–Kier alpha value is -1.51. The summed E-state index contributed by atoms with van der Waals surface area (Å²) in [5.41, 5.74) is 0.976. The van der Waals surface area contributed by atoms with E-state index in [1.807, 2.05) is 37.3 Å². The van der Waals surface area contributed by atoms with E-state index in [0.717, 1.165) is 17.9 Å². The van der Waals surface area contributed by atoms with Crippen molar-refractivity contribution < 1.29 is 8.42 Å². The molecule has 0 radical (unpaired) electrons. The number of nitrogens with one attached hydrogen (secondary N) is 1. The largest absolute Gasteiger partial charge is 0.281 e. The van der Waals surface area contributed by atoms with Gasteiger partial charge in [-0.25, -0.2) is 13.1 Å². The van der Waals surface area contributed by atoms with E-state index in [-0.39, 0.29) is 17.5 Å². The van der Waals surface area contributed by atoms with Crippen LogP contribution in [0.2, 0.25) is 0 Å². The van der Waals surface area contributed by atoms with Crippen molar-refractivity contribution in [2.24, 2.45) is 0 Å². The first-order valence-electron chi connectivity index (χ1n) is 7.65. The van der Waals surface area contributed by atoms with Gasteiger partial charge in [0.2, 0.25) is 4.77 Å². The average Bonchev–Trinajstić information content (AvgIpc) is 3.08. The summed E-state index contributed by atoms with van der Waals surface area (Å²) in [5, 5.41) is 3.22. The molecule has 0 bridgehead atoms. The van der Waals surface area contributed by atoms with Gasteiger partial charge in [-0.2, -0.15) is 4.98 Å². The summed E-state index contributed by atoms with van der Waals surface area (Å²) < 4.78 is 25.7. The molecule has 1 aromatic carbocycles. The second-order valence-electron chi connectivity index (χ2n) is 5.75. The van der Waals surface area contributed by atoms with Crippen LogP contribution < -0.4 is 0 Å². The minimum Gasteiger partial charge on any atom is -0.281 e. The molecule has 8 heteroatoms. The van der Waals surface area contributed by atoms with Crippen molar-refractivity contribution in [3.63, 3.8) is 0 Å². The molecule has 2 aromatic rings. The van der Waals surface area contributed by atoms with E-state index in [4.69, 9.17) is 12.2 Å². The Balaban J connectivity index is 1.80. The van der Waals surface area contributed by atoms with Gasteiger partial charge in [-0.15, -0.1) is 0 Å². The van der Waals surface area contributed by atoms with E-state index < -0.39 is 9.84 Å². The van der Waals surface area contributed by atoms with Crippen molar-refractivity contribution in [3.8, 4) is 11.4 Å². The normalized spacial score (nSPS) is 20.2. The fourth-order valence-electron chi connectivity index (χ4n) is 2.90. The smallest absolute Gasteiger partial charge is 0.217 e. The second-order valence-corrected chi connectivity index (χ2v) is 8.35. The molecule has 1 aliphatic heterocycles. The molecule has 1 fully saturated rings. The number of hydrogen-bond donors (Lipinski definition) is 1. The summed E-state index contributed by atoms with van der Waals surface area (Å²) in [5.74, 6) is 1.23. The Morgan fingerprint density at radius 2 is 2.13 bits per heavy atom. The molecular formula is C15H20N4O2S2. The van der Waals surface area contributed by atoms with Gasteiger partial charge in [0, 0.05) is 11.6 Å². The molecule has 1 aliphatic rings. The maximum Gasteiger partial charge on any atom is 0.217 e. The highest BCUT2D eigenvalue weighted by molar-refractivity contribution is 7.91. The first-order valence-corrected chi connectivity index (χ1v) is 9.88. The molecule has 0 spiro atoms. The van der Waals surface area contributed by atoms with Crippen molar-refractivity contribution in [3.05, 3.63) is 35.1 Å². The van der Waals surface area contributed by atoms with Crippen LogP contribution >= 0.6 is 12.2 Å². The van der Waals surface area contributed by atoms with Crippen LogP contribution in [0.4, 0.5) is 0 Å². The van der Waals surface area contributed by atoms with Crippen molar-refractivity contribution >= 4 is 22.1 Å². The van der Waals surface area contributed by atoms with E-state index in [9.17, 15) is 8.42 Å². The number of H-pyrrole nitrogens is 1. The summed E-state index contributed by atoms with van der Waals surface area (Å²) >= 11 is 5.33. The quantitative estimate of drug-likeness (QED) is 0.834. The van der Waals surface area contributed by atoms with Crippen molar-refractivity contribution in [2.75, 3.05) is 18.1 Å². The first-order chi connectivity index (χ1) is 11.0. The summed E-state index contributed by atoms with van der Waals surface area (Å²) in [7, 11) is -2.89. The molecule has 2 heterocycles. The Labute approximate surface area is 141 Å². The van der Waals surface area contributed by atoms with Gasteiger partial charge in [0.05, 0.1) is 18.2 Å². The van der Waals surface area contributed by atoms with Crippen molar-refractivity contribution in [1.82, 2.24) is 19.7 Å². The summed E-state index contributed by atoms with van der Waals surface area (Å²) in [6.45, 7) is 3.32. The van der Waals surface area contributed by atoms with Crippen molar-refractivity contribution in [1.29, 1.82) is 0 Å². The van der Waals surface area contributed by atoms with Crippen LogP contribution in [0, 0.1) is 4.77 Å². The number of aromatic nitrogens is 3. The van der Waals surface area contributed by atoms with E-state index in [2.05, 4.69) is 15.0 Å². The predicted molar refractivity (Wildman–Crippen MR) is 92.3 cm³/mol. The lowest BCUT2D eigenvalue weighted by Crippen LogP contribution is -2.37. The summed E-state index contributed by atoms with van der Waals surface area (Å²) in [6, 6.07) is 9.85. The standard InChI is InChI=1S/C15H20N4O2S2/c1-2-18(13-8-9-23(20,21)10-13)11-19-15(22)16-14(17-19)12-6-4-3-5-7-12/h3-7,13H,2,8-11H2,1H3,(H,16,17,22)/t13-/m1/s1. The second kappa shape index (κ2) is 6.54. The van der Waals surface area contributed by atoms with Crippen LogP contribution in [0.15, 0.2) is 30.3 Å². The number of rotatable bonds is 5. The molecule has 0 unspecified atom stereocenters. The maximum atomic E-state index is 11.7. The lowest BCUT2D eigenvalue weighted by Gasteiger charge is -2.26. The minimum atomic E-state index is -2.89. The van der Waals surface area contributed by atoms with Crippen LogP contribution in [0.25, 0.3) is 11.4 Å². The topological polar surface area (TPSA) is 71.0 Å². The van der Waals surface area contributed by atoms with Gasteiger partial charge in [-0.3, -0.25) is 10.00 Å². The lowest BCUT2D eigenvalue weighted by molar-refractivity contribution is 0.164. The number of sulfone groups is 1. The fourth-order valence-corrected chi connectivity index (χ4v) is 4.85. The Morgan fingerprint density at radius 1 is 1.39 bits per heavy atom. The molecule has 0 saturated carbocycles. The van der Waals surface area contributed by atoms with Crippen LogP contribution in [-0.4, -0.2) is 52.2 Å². The predicted octanol–water partition coefficient (Wildman–Crippen LogP) is 2.07. The SMILES string of the molecule is CCN(Cn1[nH]c(-c2ccccc2)nc1=S)[C@@H]1CCS(=O)(=O)C1. The van der Waals surface area contributed by atoms with Crippen LogP contribution in [-0.2, 0) is 16.5 Å². The highest BCUT2D eigenvalue weighted by Gasteiger charge is 2.31. The maximum absolute atomic E-state index is 11.7. The lowest BCUT2D eigenvalue weighted by atomic mass is 10.2. The fraction of sp³-hybridized carbons (Fsp3) is 0.467. The molecule has 23 heavy (non-hydrogen) atoms. The minimum absolute atomic E-state index is 0.0513. The molecular weight excluding hydrogens is 332 g/mol. The van der Waals surface area contributed by atoms with E-state index in [1.54, 1.807) is 4.68 Å². The van der Waals surface area contributed by atoms with Crippen molar-refractivity contribution in [2.45, 2.75) is 26.1 Å². The third-order valence-corrected chi connectivity index (χ3v) is 6.24. The van der Waals surface area contributed by atoms with Gasteiger partial charge in [0.15, 0.2) is 15.7 Å². The van der Waals surface area contributed by atoms with Gasteiger partial charge in [0.1, 0.15) is 0 Å². The van der Waals surface area contributed by atoms with Gasteiger partial charge in [-0.1, -0.05) is 37.3 Å². The van der Waals surface area contributed by atoms with Crippen LogP contribution in [0.1, 0.15) is 13.3 Å². The van der Waals surface area contributed by atoms with E-state index >= 15 is 0 Å². The molecule has 1 atom stereocenters. The van der Waals surface area contributed by atoms with Gasteiger partial charge in [-0.05, 0) is 25.2 Å². The van der Waals surface area contributed by atoms with E-state index in [0.29, 0.717) is 17.9 Å². The first kappa shape index (κ1) is 16.4. The third-order valence-electron chi connectivity index (χ3n) is 4.18. The van der Waals surface area contributed by atoms with Gasteiger partial charge < -0.3 is 0 Å². The van der Waals surface area contributed by atoms with Crippen LogP contribution in [0.3, 0.4) is 0 Å². The Bertz CT molecular complexity index is 827.